The van der Waals surface area contributed by atoms with Gasteiger partial charge in [0, 0.05) is 5.69 Å². The van der Waals surface area contributed by atoms with Crippen LogP contribution in [0.2, 0.25) is 0 Å². The van der Waals surface area contributed by atoms with Crippen molar-refractivity contribution in [2.75, 3.05) is 11.4 Å². The number of aromatic amines is 1. The third-order valence-corrected chi connectivity index (χ3v) is 4.38. The number of aliphatic hydroxyl groups excluding tert-OH is 1. The monoisotopic (exact) mass is 318 g/mol. The normalized spacial score (nSPS) is 14.9. The number of aliphatic hydroxyl groups is 1. The highest BCUT2D eigenvalue weighted by molar-refractivity contribution is 6.30. The van der Waals surface area contributed by atoms with Crippen LogP contribution in [0.5, 0.6) is 0 Å². The van der Waals surface area contributed by atoms with Crippen LogP contribution in [0.25, 0.3) is 16.6 Å². The van der Waals surface area contributed by atoms with Gasteiger partial charge in [0.2, 0.25) is 0 Å². The highest BCUT2D eigenvalue weighted by atomic mass is 16.3. The summed E-state index contributed by atoms with van der Waals surface area (Å²) >= 11 is 0. The number of aryl methyl sites for hydroxylation is 2. The molecule has 120 valence electrons. The lowest BCUT2D eigenvalue weighted by Gasteiger charge is -2.20. The van der Waals surface area contributed by atoms with E-state index in [1.165, 1.54) is 0 Å². The third kappa shape index (κ3) is 2.17. The minimum atomic E-state index is 0.166. The number of anilines is 1. The summed E-state index contributed by atoms with van der Waals surface area (Å²) in [6.45, 7) is 4.31. The molecule has 2 heterocycles. The van der Waals surface area contributed by atoms with E-state index in [1.54, 1.807) is 4.90 Å². The average Bonchev–Trinajstić information content (AvgIpc) is 3.07. The molecule has 1 aromatic heterocycles. The molecule has 0 spiro atoms. The number of aromatic nitrogens is 2. The highest BCUT2D eigenvalue weighted by Crippen LogP contribution is 2.32. The maximum absolute atomic E-state index is 10.5. The van der Waals surface area contributed by atoms with E-state index in [2.05, 4.69) is 9.97 Å². The smallest absolute Gasteiger partial charge is 0.145 e. The van der Waals surface area contributed by atoms with Gasteiger partial charge < -0.3 is 15.0 Å². The number of amidine groups is 1. The molecule has 1 aliphatic heterocycles. The van der Waals surface area contributed by atoms with Crippen molar-refractivity contribution >= 4 is 28.1 Å². The van der Waals surface area contributed by atoms with Gasteiger partial charge in [-0.3, -0.25) is 5.41 Å². The Morgan fingerprint density at radius 2 is 1.96 bits per heavy atom. The zero-order valence-corrected chi connectivity index (χ0v) is 13.6. The third-order valence-electron chi connectivity index (χ3n) is 4.38. The Morgan fingerprint density at radius 3 is 2.75 bits per heavy atom. The van der Waals surface area contributed by atoms with Crippen molar-refractivity contribution < 1.29 is 5.11 Å². The van der Waals surface area contributed by atoms with Gasteiger partial charge in [0.25, 0.3) is 0 Å². The summed E-state index contributed by atoms with van der Waals surface area (Å²) < 4.78 is 0. The van der Waals surface area contributed by atoms with E-state index < -0.39 is 0 Å². The highest BCUT2D eigenvalue weighted by Gasteiger charge is 2.31. The maximum Gasteiger partial charge on any atom is 0.145 e. The SMILES string of the molecule is Cc1ccc2nc(C3=C(O)CN(c4ccccc4C)C3=N)[nH]c2c1. The fraction of sp³-hybridized carbons (Fsp3) is 0.158. The number of para-hydroxylation sites is 1. The largest absolute Gasteiger partial charge is 0.509 e. The van der Waals surface area contributed by atoms with Crippen molar-refractivity contribution in [3.05, 3.63) is 65.2 Å². The van der Waals surface area contributed by atoms with Crippen molar-refractivity contribution in [2.24, 2.45) is 0 Å². The van der Waals surface area contributed by atoms with Crippen LogP contribution in [0.15, 0.2) is 48.2 Å². The van der Waals surface area contributed by atoms with Gasteiger partial charge in [0.05, 0.1) is 23.2 Å². The zero-order chi connectivity index (χ0) is 16.8. The minimum Gasteiger partial charge on any atom is -0.509 e. The Balaban J connectivity index is 1.76. The number of hydrogen-bond donors (Lipinski definition) is 3. The molecule has 0 radical (unpaired) electrons. The predicted octanol–water partition coefficient (Wildman–Crippen LogP) is 3.95. The first-order valence-corrected chi connectivity index (χ1v) is 7.85. The summed E-state index contributed by atoms with van der Waals surface area (Å²) in [5.74, 6) is 0.964. The molecule has 3 N–H and O–H groups in total. The first-order chi connectivity index (χ1) is 11.5. The van der Waals surface area contributed by atoms with E-state index in [1.807, 2.05) is 56.3 Å². The summed E-state index contributed by atoms with van der Waals surface area (Å²) in [5.41, 5.74) is 5.34. The van der Waals surface area contributed by atoms with Crippen LogP contribution in [0.4, 0.5) is 5.69 Å². The van der Waals surface area contributed by atoms with E-state index >= 15 is 0 Å². The molecule has 0 aliphatic carbocycles. The molecule has 0 amide bonds. The van der Waals surface area contributed by atoms with Gasteiger partial charge in [-0.05, 0) is 43.2 Å². The molecule has 5 nitrogen and oxygen atoms in total. The van der Waals surface area contributed by atoms with Gasteiger partial charge in [-0.25, -0.2) is 4.98 Å². The van der Waals surface area contributed by atoms with Crippen molar-refractivity contribution in [3.8, 4) is 0 Å². The minimum absolute atomic E-state index is 0.166. The molecule has 3 aromatic rings. The summed E-state index contributed by atoms with van der Waals surface area (Å²) in [4.78, 5) is 9.58. The van der Waals surface area contributed by atoms with Gasteiger partial charge in [0.15, 0.2) is 0 Å². The first-order valence-electron chi connectivity index (χ1n) is 7.85. The summed E-state index contributed by atoms with van der Waals surface area (Å²) in [5, 5.41) is 19.0. The van der Waals surface area contributed by atoms with Crippen LogP contribution >= 0.6 is 0 Å². The second-order valence-electron chi connectivity index (χ2n) is 6.15. The Morgan fingerprint density at radius 1 is 1.17 bits per heavy atom. The molecular formula is C19H18N4O. The molecule has 24 heavy (non-hydrogen) atoms. The maximum atomic E-state index is 10.5. The van der Waals surface area contributed by atoms with E-state index in [9.17, 15) is 5.11 Å². The van der Waals surface area contributed by atoms with E-state index in [0.29, 0.717) is 11.4 Å². The van der Waals surface area contributed by atoms with Gasteiger partial charge >= 0.3 is 0 Å². The van der Waals surface area contributed by atoms with Crippen molar-refractivity contribution in [1.29, 1.82) is 5.41 Å². The van der Waals surface area contributed by atoms with E-state index in [0.717, 1.165) is 27.8 Å². The number of H-pyrrole nitrogens is 1. The fourth-order valence-corrected chi connectivity index (χ4v) is 3.14. The summed E-state index contributed by atoms with van der Waals surface area (Å²) in [6, 6.07) is 13.8. The Bertz CT molecular complexity index is 1000. The van der Waals surface area contributed by atoms with Gasteiger partial charge in [-0.2, -0.15) is 0 Å². The van der Waals surface area contributed by atoms with Gasteiger partial charge in [0.1, 0.15) is 17.4 Å². The molecule has 0 fully saturated rings. The number of nitrogens with one attached hydrogen (secondary N) is 2. The van der Waals surface area contributed by atoms with Crippen LogP contribution in [0.3, 0.4) is 0 Å². The molecule has 2 aromatic carbocycles. The Hall–Kier alpha value is -3.08. The average molecular weight is 318 g/mol. The quantitative estimate of drug-likeness (QED) is 0.669. The molecule has 4 rings (SSSR count). The molecule has 0 atom stereocenters. The lowest BCUT2D eigenvalue weighted by Crippen LogP contribution is -2.26. The number of hydrogen-bond acceptors (Lipinski definition) is 3. The lowest BCUT2D eigenvalue weighted by molar-refractivity contribution is 0.411. The summed E-state index contributed by atoms with van der Waals surface area (Å²) in [6.07, 6.45) is 0. The van der Waals surface area contributed by atoms with Crippen LogP contribution < -0.4 is 4.90 Å². The molecule has 0 saturated carbocycles. The van der Waals surface area contributed by atoms with Gasteiger partial charge in [-0.1, -0.05) is 24.3 Å². The standard InChI is InChI=1S/C19H18N4O/c1-11-7-8-13-14(9-11)22-19(21-13)17-16(24)10-23(18(17)20)15-6-4-3-5-12(15)2/h3-9,20,24H,10H2,1-2H3,(H,21,22). The van der Waals surface area contributed by atoms with Crippen molar-refractivity contribution in [1.82, 2.24) is 9.97 Å². The summed E-state index contributed by atoms with van der Waals surface area (Å²) in [7, 11) is 0. The van der Waals surface area contributed by atoms with Crippen LogP contribution in [0.1, 0.15) is 17.0 Å². The van der Waals surface area contributed by atoms with Crippen molar-refractivity contribution in [2.45, 2.75) is 13.8 Å². The Labute approximate surface area is 139 Å². The number of nitrogens with zero attached hydrogens (tertiary/aromatic N) is 2. The number of imidazole rings is 1. The van der Waals surface area contributed by atoms with Crippen LogP contribution in [-0.4, -0.2) is 27.5 Å². The molecule has 0 bridgehead atoms. The van der Waals surface area contributed by atoms with Crippen molar-refractivity contribution in [3.63, 3.8) is 0 Å². The predicted molar refractivity (Wildman–Crippen MR) is 96.6 cm³/mol. The second kappa shape index (κ2) is 5.23. The second-order valence-corrected chi connectivity index (χ2v) is 6.15. The molecule has 0 saturated heterocycles. The van der Waals surface area contributed by atoms with Crippen LogP contribution in [-0.2, 0) is 0 Å². The van der Waals surface area contributed by atoms with E-state index in [4.69, 9.17) is 5.41 Å². The molecular weight excluding hydrogens is 300 g/mol. The molecule has 5 heteroatoms. The first kappa shape index (κ1) is 14.5. The fourth-order valence-electron chi connectivity index (χ4n) is 3.14. The lowest BCUT2D eigenvalue weighted by atomic mass is 10.1. The molecule has 0 unspecified atom stereocenters. The van der Waals surface area contributed by atoms with Crippen LogP contribution in [0, 0.1) is 19.3 Å². The van der Waals surface area contributed by atoms with Gasteiger partial charge in [-0.15, -0.1) is 0 Å². The van der Waals surface area contributed by atoms with E-state index in [-0.39, 0.29) is 18.1 Å². The number of fused-ring (bicyclic) bond motifs is 1. The Kier molecular flexibility index (Phi) is 3.16. The molecule has 1 aliphatic rings. The zero-order valence-electron chi connectivity index (χ0n) is 13.6. The number of rotatable bonds is 2. The number of benzene rings is 2. The topological polar surface area (TPSA) is 76.0 Å².